The normalized spacial score (nSPS) is 37.8. The first kappa shape index (κ1) is 15.3. The van der Waals surface area contributed by atoms with Gasteiger partial charge < -0.3 is 10.8 Å². The molecule has 0 radical (unpaired) electrons. The predicted molar refractivity (Wildman–Crippen MR) is 95.8 cm³/mol. The van der Waals surface area contributed by atoms with Gasteiger partial charge in [0.15, 0.2) is 0 Å². The number of aromatic hydroxyl groups is 1. The number of nitrogens with two attached hydrogens (primary N) is 1. The maximum absolute atomic E-state index is 9.64. The van der Waals surface area contributed by atoms with Crippen LogP contribution < -0.4 is 5.73 Å². The number of rotatable bonds is 1. The zero-order valence-electron chi connectivity index (χ0n) is 13.2. The average molecular weight is 330 g/mol. The molecule has 4 bridgehead atoms. The quantitative estimate of drug-likeness (QED) is 0.804. The number of halogens is 1. The van der Waals surface area contributed by atoms with Crippen LogP contribution in [0.25, 0.3) is 10.8 Å². The van der Waals surface area contributed by atoms with Crippen LogP contribution in [0, 0.1) is 23.7 Å². The molecule has 0 unspecified atom stereocenters. The van der Waals surface area contributed by atoms with Crippen molar-refractivity contribution in [3.05, 3.63) is 42.0 Å². The van der Waals surface area contributed by atoms with Crippen LogP contribution in [-0.2, 0) is 5.54 Å². The SMILES string of the molecule is Cl.NC1(c2ccc3cc(O)ccc3c2)C2CC3CC(C2)CC1C3. The lowest BCUT2D eigenvalue weighted by atomic mass is 9.47. The Morgan fingerprint density at radius 1 is 0.826 bits per heavy atom. The Balaban J connectivity index is 0.00000135. The molecular formula is C20H24ClNO. The second-order valence-corrected chi connectivity index (χ2v) is 7.98. The van der Waals surface area contributed by atoms with E-state index in [2.05, 4.69) is 18.2 Å². The van der Waals surface area contributed by atoms with Crippen LogP contribution >= 0.6 is 12.4 Å². The van der Waals surface area contributed by atoms with E-state index < -0.39 is 0 Å². The molecule has 0 atom stereocenters. The lowest BCUT2D eigenvalue weighted by Gasteiger charge is -2.60. The minimum atomic E-state index is -0.125. The van der Waals surface area contributed by atoms with E-state index in [0.29, 0.717) is 17.6 Å². The van der Waals surface area contributed by atoms with E-state index in [1.54, 1.807) is 6.07 Å². The second kappa shape index (κ2) is 5.12. The lowest BCUT2D eigenvalue weighted by Crippen LogP contribution is -2.60. The lowest BCUT2D eigenvalue weighted by molar-refractivity contribution is -0.0583. The number of hydrogen-bond donors (Lipinski definition) is 2. The number of fused-ring (bicyclic) bond motifs is 1. The van der Waals surface area contributed by atoms with Gasteiger partial charge in [-0.05, 0) is 90.3 Å². The van der Waals surface area contributed by atoms with E-state index in [1.807, 2.05) is 12.1 Å². The van der Waals surface area contributed by atoms with Crippen molar-refractivity contribution in [3.63, 3.8) is 0 Å². The third-order valence-corrected chi connectivity index (χ3v) is 6.81. The second-order valence-electron chi connectivity index (χ2n) is 7.98. The molecule has 2 nitrogen and oxygen atoms in total. The van der Waals surface area contributed by atoms with Crippen molar-refractivity contribution in [1.29, 1.82) is 0 Å². The van der Waals surface area contributed by atoms with Crippen molar-refractivity contribution in [1.82, 2.24) is 0 Å². The molecule has 6 rings (SSSR count). The highest BCUT2D eigenvalue weighted by Crippen LogP contribution is 2.60. The van der Waals surface area contributed by atoms with Crippen LogP contribution in [0.5, 0.6) is 5.75 Å². The number of benzene rings is 2. The van der Waals surface area contributed by atoms with Gasteiger partial charge in [-0.1, -0.05) is 18.2 Å². The smallest absolute Gasteiger partial charge is 0.116 e. The molecule has 4 fully saturated rings. The summed E-state index contributed by atoms with van der Waals surface area (Å²) in [5, 5.41) is 11.9. The molecule has 0 heterocycles. The maximum atomic E-state index is 9.64. The number of phenolic OH excluding ortho intramolecular Hbond substituents is 1. The summed E-state index contributed by atoms with van der Waals surface area (Å²) in [5.41, 5.74) is 8.28. The van der Waals surface area contributed by atoms with Gasteiger partial charge in [0.1, 0.15) is 5.75 Å². The zero-order valence-corrected chi connectivity index (χ0v) is 14.1. The van der Waals surface area contributed by atoms with Gasteiger partial charge in [-0.3, -0.25) is 0 Å². The molecule has 4 aliphatic rings. The van der Waals surface area contributed by atoms with Crippen LogP contribution in [0.2, 0.25) is 0 Å². The van der Waals surface area contributed by atoms with Crippen molar-refractivity contribution in [2.24, 2.45) is 29.4 Å². The van der Waals surface area contributed by atoms with Gasteiger partial charge in [0.05, 0.1) is 0 Å². The van der Waals surface area contributed by atoms with Crippen LogP contribution in [-0.4, -0.2) is 5.11 Å². The van der Waals surface area contributed by atoms with Gasteiger partial charge in [-0.2, -0.15) is 0 Å². The van der Waals surface area contributed by atoms with E-state index in [1.165, 1.54) is 43.1 Å². The summed E-state index contributed by atoms with van der Waals surface area (Å²) in [6, 6.07) is 12.2. The van der Waals surface area contributed by atoms with Crippen LogP contribution in [0.15, 0.2) is 36.4 Å². The third kappa shape index (κ3) is 2.11. The third-order valence-electron chi connectivity index (χ3n) is 6.81. The Bertz CT molecular complexity index is 728. The van der Waals surface area contributed by atoms with Crippen molar-refractivity contribution in [2.45, 2.75) is 37.6 Å². The summed E-state index contributed by atoms with van der Waals surface area (Å²) in [4.78, 5) is 0. The highest BCUT2D eigenvalue weighted by Gasteiger charge is 2.55. The molecular weight excluding hydrogens is 306 g/mol. The fourth-order valence-corrected chi connectivity index (χ4v) is 5.94. The molecule has 4 aliphatic carbocycles. The highest BCUT2D eigenvalue weighted by molar-refractivity contribution is 5.85. The Kier molecular flexibility index (Phi) is 3.40. The van der Waals surface area contributed by atoms with E-state index in [0.717, 1.165) is 17.2 Å². The maximum Gasteiger partial charge on any atom is 0.116 e. The summed E-state index contributed by atoms with van der Waals surface area (Å²) in [5.74, 6) is 3.54. The largest absolute Gasteiger partial charge is 0.508 e. The monoisotopic (exact) mass is 329 g/mol. The predicted octanol–water partition coefficient (Wildman–Crippen LogP) is 4.58. The Morgan fingerprint density at radius 2 is 1.39 bits per heavy atom. The van der Waals surface area contributed by atoms with E-state index in [4.69, 9.17) is 5.73 Å². The first-order valence-electron chi connectivity index (χ1n) is 8.65. The molecule has 3 N–H and O–H groups in total. The molecule has 4 saturated carbocycles. The molecule has 0 spiro atoms. The van der Waals surface area contributed by atoms with Gasteiger partial charge in [0.25, 0.3) is 0 Å². The standard InChI is InChI=1S/C20H23NO.ClH/c21-20(17-6-12-5-13(8-17)9-18(20)7-12)16-3-1-15-11-19(22)4-2-14(15)10-16;/h1-4,10-13,17-18,22H,5-9,21H2;1H. The van der Waals surface area contributed by atoms with E-state index in [9.17, 15) is 5.11 Å². The van der Waals surface area contributed by atoms with Crippen LogP contribution in [0.3, 0.4) is 0 Å². The molecule has 0 aromatic heterocycles. The van der Waals surface area contributed by atoms with Crippen LogP contribution in [0.4, 0.5) is 0 Å². The van der Waals surface area contributed by atoms with Crippen molar-refractivity contribution in [3.8, 4) is 5.75 Å². The Morgan fingerprint density at radius 3 is 2.04 bits per heavy atom. The fourth-order valence-electron chi connectivity index (χ4n) is 5.94. The molecule has 0 amide bonds. The molecule has 23 heavy (non-hydrogen) atoms. The number of phenols is 1. The summed E-state index contributed by atoms with van der Waals surface area (Å²) in [6.45, 7) is 0. The van der Waals surface area contributed by atoms with Crippen LogP contribution in [0.1, 0.15) is 37.7 Å². The minimum Gasteiger partial charge on any atom is -0.508 e. The molecule has 0 aliphatic heterocycles. The summed E-state index contributed by atoms with van der Waals surface area (Å²) in [6.07, 6.45) is 6.78. The van der Waals surface area contributed by atoms with Crippen molar-refractivity contribution < 1.29 is 5.11 Å². The topological polar surface area (TPSA) is 46.2 Å². The van der Waals surface area contributed by atoms with Gasteiger partial charge in [-0.25, -0.2) is 0 Å². The highest BCUT2D eigenvalue weighted by atomic mass is 35.5. The van der Waals surface area contributed by atoms with Gasteiger partial charge in [0.2, 0.25) is 0 Å². The van der Waals surface area contributed by atoms with Gasteiger partial charge in [-0.15, -0.1) is 12.4 Å². The average Bonchev–Trinajstić information content (AvgIpc) is 2.51. The van der Waals surface area contributed by atoms with Crippen molar-refractivity contribution >= 4 is 23.2 Å². The summed E-state index contributed by atoms with van der Waals surface area (Å²) >= 11 is 0. The van der Waals surface area contributed by atoms with E-state index in [-0.39, 0.29) is 17.9 Å². The molecule has 2 aromatic carbocycles. The summed E-state index contributed by atoms with van der Waals surface area (Å²) in [7, 11) is 0. The van der Waals surface area contributed by atoms with Gasteiger partial charge >= 0.3 is 0 Å². The first-order chi connectivity index (χ1) is 10.6. The Labute approximate surface area is 143 Å². The Hall–Kier alpha value is -1.25. The molecule has 3 heteroatoms. The summed E-state index contributed by atoms with van der Waals surface area (Å²) < 4.78 is 0. The molecule has 2 aromatic rings. The van der Waals surface area contributed by atoms with E-state index >= 15 is 0 Å². The fraction of sp³-hybridized carbons (Fsp3) is 0.500. The first-order valence-corrected chi connectivity index (χ1v) is 8.65. The molecule has 0 saturated heterocycles. The molecule has 122 valence electrons. The van der Waals surface area contributed by atoms with Crippen molar-refractivity contribution in [2.75, 3.05) is 0 Å². The van der Waals surface area contributed by atoms with Gasteiger partial charge in [0, 0.05) is 5.54 Å². The zero-order chi connectivity index (χ0) is 14.9. The minimum absolute atomic E-state index is 0. The number of hydrogen-bond acceptors (Lipinski definition) is 2.